The zero-order chi connectivity index (χ0) is 24.0. The Bertz CT molecular complexity index is 948. The minimum Gasteiger partial charge on any atom is -0.376 e. The number of thioether (sulfide) groups is 1. The first-order valence-electron chi connectivity index (χ1n) is 13.1. The molecule has 3 fully saturated rings. The smallest absolute Gasteiger partial charge is 0.233 e. The van der Waals surface area contributed by atoms with Gasteiger partial charge in [0.15, 0.2) is 5.16 Å². The molecule has 8 nitrogen and oxygen atoms in total. The van der Waals surface area contributed by atoms with Crippen LogP contribution in [0.25, 0.3) is 0 Å². The summed E-state index contributed by atoms with van der Waals surface area (Å²) in [5.74, 6) is 2.30. The number of amides is 1. The Hall–Kier alpha value is -2.10. The summed E-state index contributed by atoms with van der Waals surface area (Å²) in [6, 6.07) is 10.6. The number of benzene rings is 1. The van der Waals surface area contributed by atoms with E-state index in [-0.39, 0.29) is 12.0 Å². The first-order valence-corrected chi connectivity index (χ1v) is 14.1. The molecule has 0 aliphatic carbocycles. The van der Waals surface area contributed by atoms with Crippen molar-refractivity contribution in [2.75, 3.05) is 56.5 Å². The van der Waals surface area contributed by atoms with Crippen molar-refractivity contribution >= 4 is 23.6 Å². The van der Waals surface area contributed by atoms with E-state index in [4.69, 9.17) is 4.74 Å². The van der Waals surface area contributed by atoms with Gasteiger partial charge >= 0.3 is 0 Å². The minimum atomic E-state index is 0.189. The van der Waals surface area contributed by atoms with Gasteiger partial charge in [-0.15, -0.1) is 10.2 Å². The molecule has 3 aliphatic heterocycles. The molecule has 35 heavy (non-hydrogen) atoms. The molecule has 4 heterocycles. The molecule has 1 amide bonds. The standard InChI is InChI=1S/C26H38N6O2S/c1-21-9-11-31(12-10-21)25-27-28-26(32(25)19-23-8-5-17-34-23)35-20-24(33)30-15-13-29(14-16-30)18-22-6-3-2-4-7-22/h2-4,6-7,21,23H,5,8-20H2,1H3. The maximum atomic E-state index is 13.0. The topological polar surface area (TPSA) is 66.7 Å². The summed E-state index contributed by atoms with van der Waals surface area (Å²) in [6.07, 6.45) is 4.76. The van der Waals surface area contributed by atoms with Crippen molar-refractivity contribution < 1.29 is 9.53 Å². The van der Waals surface area contributed by atoms with Crippen molar-refractivity contribution in [1.29, 1.82) is 0 Å². The quantitative estimate of drug-likeness (QED) is 0.518. The average molecular weight is 499 g/mol. The molecule has 0 spiro atoms. The third-order valence-corrected chi connectivity index (χ3v) is 8.42. The number of piperazine rings is 1. The predicted molar refractivity (Wildman–Crippen MR) is 139 cm³/mol. The van der Waals surface area contributed by atoms with Crippen LogP contribution in [0.4, 0.5) is 5.95 Å². The summed E-state index contributed by atoms with van der Waals surface area (Å²) in [6.45, 7) is 10.3. The third kappa shape index (κ3) is 6.37. The summed E-state index contributed by atoms with van der Waals surface area (Å²) in [5.41, 5.74) is 1.33. The van der Waals surface area contributed by atoms with Gasteiger partial charge in [-0.05, 0) is 37.2 Å². The number of aromatic nitrogens is 3. The minimum absolute atomic E-state index is 0.189. The van der Waals surface area contributed by atoms with Crippen LogP contribution in [-0.4, -0.2) is 88.2 Å². The number of piperidine rings is 1. The van der Waals surface area contributed by atoms with Crippen LogP contribution < -0.4 is 4.90 Å². The molecule has 9 heteroatoms. The summed E-state index contributed by atoms with van der Waals surface area (Å²) in [4.78, 5) is 19.8. The number of carbonyl (C=O) groups is 1. The Kier molecular flexibility index (Phi) is 8.26. The summed E-state index contributed by atoms with van der Waals surface area (Å²) < 4.78 is 8.14. The molecular formula is C26H38N6O2S. The van der Waals surface area contributed by atoms with Gasteiger partial charge in [0.1, 0.15) is 0 Å². The molecule has 2 aromatic rings. The molecule has 3 saturated heterocycles. The summed E-state index contributed by atoms with van der Waals surface area (Å²) in [5, 5.41) is 9.94. The largest absolute Gasteiger partial charge is 0.376 e. The molecule has 0 saturated carbocycles. The highest BCUT2D eigenvalue weighted by atomic mass is 32.2. The van der Waals surface area contributed by atoms with Crippen LogP contribution >= 0.6 is 11.8 Å². The highest BCUT2D eigenvalue weighted by Gasteiger charge is 2.27. The fourth-order valence-corrected chi connectivity index (χ4v) is 6.04. The van der Waals surface area contributed by atoms with Crippen LogP contribution in [0.5, 0.6) is 0 Å². The van der Waals surface area contributed by atoms with Gasteiger partial charge in [0, 0.05) is 52.4 Å². The zero-order valence-electron chi connectivity index (χ0n) is 20.8. The van der Waals surface area contributed by atoms with E-state index in [9.17, 15) is 4.79 Å². The van der Waals surface area contributed by atoms with Crippen molar-refractivity contribution in [3.63, 3.8) is 0 Å². The van der Waals surface area contributed by atoms with E-state index < -0.39 is 0 Å². The predicted octanol–water partition coefficient (Wildman–Crippen LogP) is 3.13. The van der Waals surface area contributed by atoms with Crippen LogP contribution in [0, 0.1) is 5.92 Å². The van der Waals surface area contributed by atoms with E-state index in [1.807, 2.05) is 4.90 Å². The van der Waals surface area contributed by atoms with Crippen molar-refractivity contribution in [3.8, 4) is 0 Å². The van der Waals surface area contributed by atoms with Gasteiger partial charge in [-0.2, -0.15) is 0 Å². The molecule has 0 N–H and O–H groups in total. The molecule has 190 valence electrons. The highest BCUT2D eigenvalue weighted by Crippen LogP contribution is 2.28. The number of rotatable bonds is 8. The van der Waals surface area contributed by atoms with Gasteiger partial charge in [0.2, 0.25) is 11.9 Å². The maximum Gasteiger partial charge on any atom is 0.233 e. The molecule has 1 aromatic carbocycles. The molecular weight excluding hydrogens is 460 g/mol. The number of carbonyl (C=O) groups excluding carboxylic acids is 1. The summed E-state index contributed by atoms with van der Waals surface area (Å²) >= 11 is 1.52. The zero-order valence-corrected chi connectivity index (χ0v) is 21.7. The van der Waals surface area contributed by atoms with Gasteiger partial charge in [0.05, 0.1) is 18.4 Å². The molecule has 0 bridgehead atoms. The van der Waals surface area contributed by atoms with Crippen molar-refractivity contribution in [1.82, 2.24) is 24.6 Å². The van der Waals surface area contributed by atoms with Crippen molar-refractivity contribution in [3.05, 3.63) is 35.9 Å². The summed E-state index contributed by atoms with van der Waals surface area (Å²) in [7, 11) is 0. The van der Waals surface area contributed by atoms with Gasteiger partial charge in [-0.1, -0.05) is 49.0 Å². The monoisotopic (exact) mass is 498 g/mol. The Balaban J connectivity index is 1.17. The molecule has 1 atom stereocenters. The third-order valence-electron chi connectivity index (χ3n) is 7.47. The lowest BCUT2D eigenvalue weighted by atomic mass is 10.00. The van der Waals surface area contributed by atoms with Crippen LogP contribution in [0.15, 0.2) is 35.5 Å². The van der Waals surface area contributed by atoms with E-state index in [0.717, 1.165) is 88.8 Å². The second-order valence-electron chi connectivity index (χ2n) is 10.1. The molecule has 1 unspecified atom stereocenters. The number of hydrogen-bond acceptors (Lipinski definition) is 7. The Morgan fingerprint density at radius 2 is 1.80 bits per heavy atom. The first-order chi connectivity index (χ1) is 17.2. The average Bonchev–Trinajstić information content (AvgIpc) is 3.55. The SMILES string of the molecule is CC1CCN(c2nnc(SCC(=O)N3CCN(Cc4ccccc4)CC3)n2CC2CCCO2)CC1. The normalized spacial score (nSPS) is 22.1. The van der Waals surface area contributed by atoms with E-state index in [1.54, 1.807) is 0 Å². The molecule has 0 radical (unpaired) electrons. The lowest BCUT2D eigenvalue weighted by Crippen LogP contribution is -2.48. The Labute approximate surface area is 213 Å². The lowest BCUT2D eigenvalue weighted by Gasteiger charge is -2.34. The van der Waals surface area contributed by atoms with Gasteiger partial charge in [0.25, 0.3) is 0 Å². The first kappa shape index (κ1) is 24.6. The second kappa shape index (κ2) is 11.8. The van der Waals surface area contributed by atoms with E-state index in [0.29, 0.717) is 5.75 Å². The lowest BCUT2D eigenvalue weighted by molar-refractivity contribution is -0.130. The van der Waals surface area contributed by atoms with E-state index in [1.165, 1.54) is 30.2 Å². The Morgan fingerprint density at radius 3 is 2.51 bits per heavy atom. The molecule has 3 aliphatic rings. The van der Waals surface area contributed by atoms with E-state index >= 15 is 0 Å². The fraction of sp³-hybridized carbons (Fsp3) is 0.654. The number of ether oxygens (including phenoxy) is 1. The molecule has 1 aromatic heterocycles. The number of nitrogens with zero attached hydrogens (tertiary/aromatic N) is 6. The van der Waals surface area contributed by atoms with Gasteiger partial charge in [-0.25, -0.2) is 0 Å². The van der Waals surface area contributed by atoms with Gasteiger partial charge < -0.3 is 14.5 Å². The maximum absolute atomic E-state index is 13.0. The number of hydrogen-bond donors (Lipinski definition) is 0. The highest BCUT2D eigenvalue weighted by molar-refractivity contribution is 7.99. The Morgan fingerprint density at radius 1 is 1.03 bits per heavy atom. The van der Waals surface area contributed by atoms with Crippen LogP contribution in [0.2, 0.25) is 0 Å². The molecule has 5 rings (SSSR count). The van der Waals surface area contributed by atoms with Gasteiger partial charge in [-0.3, -0.25) is 14.3 Å². The van der Waals surface area contributed by atoms with Crippen LogP contribution in [0.1, 0.15) is 38.2 Å². The number of anilines is 1. The van der Waals surface area contributed by atoms with Crippen LogP contribution in [0.3, 0.4) is 0 Å². The van der Waals surface area contributed by atoms with Crippen LogP contribution in [-0.2, 0) is 22.6 Å². The van der Waals surface area contributed by atoms with Crippen molar-refractivity contribution in [2.24, 2.45) is 5.92 Å². The second-order valence-corrected chi connectivity index (χ2v) is 11.1. The van der Waals surface area contributed by atoms with Crippen molar-refractivity contribution in [2.45, 2.75) is 57.0 Å². The van der Waals surface area contributed by atoms with E-state index in [2.05, 4.69) is 61.8 Å². The fourth-order valence-electron chi connectivity index (χ4n) is 5.20.